The highest BCUT2D eigenvalue weighted by molar-refractivity contribution is 5.81. The van der Waals surface area contributed by atoms with Crippen molar-refractivity contribution in [3.63, 3.8) is 0 Å². The van der Waals surface area contributed by atoms with E-state index < -0.39 is 53.8 Å². The summed E-state index contributed by atoms with van der Waals surface area (Å²) in [5, 5.41) is 23.7. The highest BCUT2D eigenvalue weighted by atomic mass is 16.7. The van der Waals surface area contributed by atoms with Gasteiger partial charge in [-0.05, 0) is 42.2 Å². The molecule has 1 fully saturated rings. The topological polar surface area (TPSA) is 121 Å². The summed E-state index contributed by atoms with van der Waals surface area (Å²) in [5.41, 5.74) is 0.534. The largest absolute Gasteiger partial charge is 0.497 e. The lowest BCUT2D eigenvalue weighted by molar-refractivity contribution is -0.422. The van der Waals surface area contributed by atoms with Crippen LogP contribution in [0.3, 0.4) is 0 Å². The summed E-state index contributed by atoms with van der Waals surface area (Å²) in [5.74, 6) is -3.96. The van der Waals surface area contributed by atoms with Crippen LogP contribution in [0.1, 0.15) is 45.3 Å². The number of rotatable bonds is 15. The second kappa shape index (κ2) is 15.0. The van der Waals surface area contributed by atoms with Crippen LogP contribution in [0.25, 0.3) is 0 Å². The molecule has 236 valence electrons. The van der Waals surface area contributed by atoms with Crippen molar-refractivity contribution in [3.8, 4) is 5.75 Å². The van der Waals surface area contributed by atoms with E-state index in [2.05, 4.69) is 0 Å². The van der Waals surface area contributed by atoms with Crippen molar-refractivity contribution < 1.29 is 44.9 Å². The molecular formula is C35H42O9. The van der Waals surface area contributed by atoms with Crippen molar-refractivity contribution in [2.24, 2.45) is 5.92 Å². The Hall–Kier alpha value is -3.44. The van der Waals surface area contributed by atoms with Crippen LogP contribution in [0.15, 0.2) is 84.9 Å². The fourth-order valence-corrected chi connectivity index (χ4v) is 5.65. The Balaban J connectivity index is 1.86. The second-order valence-corrected chi connectivity index (χ2v) is 11.0. The zero-order chi connectivity index (χ0) is 32.6. The molecule has 0 amide bonds. The molecule has 0 aromatic heterocycles. The molecule has 0 aliphatic carbocycles. The number of methoxy groups -OCH3 is 1. The molecule has 1 aliphatic rings. The molecular weight excluding hydrogens is 564 g/mol. The fourth-order valence-electron chi connectivity index (χ4n) is 5.65. The average Bonchev–Trinajstić information content (AvgIpc) is 3.06. The Morgan fingerprint density at radius 1 is 0.955 bits per heavy atom. The predicted octanol–water partition coefficient (Wildman–Crippen LogP) is 4.40. The maximum absolute atomic E-state index is 12.6. The van der Waals surface area contributed by atoms with Crippen LogP contribution in [-0.4, -0.2) is 65.2 Å². The number of aliphatic hydroxyl groups excluding tert-OH is 1. The Labute approximate surface area is 260 Å². The number of carbonyl (C=O) groups excluding carboxylic acids is 2. The standard InChI is InChI=1S/C35H42O9/c1-5-34(43-23-28-16-18-29(40-4)19-17-28)33(42-22-27-14-10-7-11-15-27)32(41-21-26-12-8-6-9-13-26)31(30(38)25(3)37)44-35(34,39)24(2)20-36/h6-20,24,30-33,38-39H,5,21-23H2,1-4H3/t24?,30?,31-,32+,33+,34-,35?/m1/s1/i20D. The molecule has 9 heteroatoms. The highest BCUT2D eigenvalue weighted by Crippen LogP contribution is 2.49. The summed E-state index contributed by atoms with van der Waals surface area (Å²) in [7, 11) is 1.56. The number of hydrogen-bond acceptors (Lipinski definition) is 9. The smallest absolute Gasteiger partial charge is 0.207 e. The van der Waals surface area contributed by atoms with Crippen molar-refractivity contribution in [1.82, 2.24) is 0 Å². The molecule has 0 bridgehead atoms. The van der Waals surface area contributed by atoms with Gasteiger partial charge in [-0.15, -0.1) is 0 Å². The molecule has 2 N–H and O–H groups in total. The zero-order valence-electron chi connectivity index (χ0n) is 26.6. The van der Waals surface area contributed by atoms with Crippen molar-refractivity contribution in [2.45, 2.75) is 82.8 Å². The molecule has 1 heterocycles. The van der Waals surface area contributed by atoms with Gasteiger partial charge in [-0.2, -0.15) is 0 Å². The van der Waals surface area contributed by atoms with E-state index in [1.54, 1.807) is 38.3 Å². The third kappa shape index (κ3) is 7.10. The monoisotopic (exact) mass is 607 g/mol. The van der Waals surface area contributed by atoms with E-state index in [4.69, 9.17) is 25.1 Å². The minimum Gasteiger partial charge on any atom is -0.497 e. The minimum atomic E-state index is -2.51. The van der Waals surface area contributed by atoms with E-state index in [9.17, 15) is 19.8 Å². The lowest BCUT2D eigenvalue weighted by Gasteiger charge is -2.59. The first-order valence-electron chi connectivity index (χ1n) is 15.2. The van der Waals surface area contributed by atoms with Crippen LogP contribution < -0.4 is 4.74 Å². The van der Waals surface area contributed by atoms with Gasteiger partial charge in [-0.1, -0.05) is 86.6 Å². The number of aliphatic hydroxyl groups is 2. The van der Waals surface area contributed by atoms with Crippen LogP contribution >= 0.6 is 0 Å². The van der Waals surface area contributed by atoms with E-state index in [1.165, 1.54) is 13.8 Å². The van der Waals surface area contributed by atoms with E-state index in [-0.39, 0.29) is 26.2 Å². The fraction of sp³-hybridized carbons (Fsp3) is 0.429. The molecule has 4 rings (SSSR count). The minimum absolute atomic E-state index is 0.0427. The number of Topliss-reactive ketones (excluding diaryl/α,β-unsaturated/α-hetero) is 1. The van der Waals surface area contributed by atoms with E-state index in [0.717, 1.165) is 16.7 Å². The molecule has 7 atom stereocenters. The SMILES string of the molecule is [2H]C(=O)C(C)C1(O)O[C@H](C(O)C(C)=O)[C@H](OCc2ccccc2)[C@H](OCc2ccccc2)[C@@]1(CC)OCc1ccc(OC)cc1. The maximum Gasteiger partial charge on any atom is 0.207 e. The Kier molecular flexibility index (Phi) is 10.9. The lowest BCUT2D eigenvalue weighted by atomic mass is 9.71. The molecule has 3 aromatic rings. The van der Waals surface area contributed by atoms with Crippen molar-refractivity contribution in [1.29, 1.82) is 0 Å². The van der Waals surface area contributed by atoms with Gasteiger partial charge in [-0.3, -0.25) is 4.79 Å². The predicted molar refractivity (Wildman–Crippen MR) is 163 cm³/mol. The van der Waals surface area contributed by atoms with Crippen LogP contribution in [0.2, 0.25) is 0 Å². The van der Waals surface area contributed by atoms with Crippen LogP contribution in [0, 0.1) is 5.92 Å². The number of hydrogen-bond donors (Lipinski definition) is 2. The molecule has 1 aliphatic heterocycles. The molecule has 0 radical (unpaired) electrons. The summed E-state index contributed by atoms with van der Waals surface area (Å²) in [4.78, 5) is 25.2. The summed E-state index contributed by atoms with van der Waals surface area (Å²) >= 11 is 0. The molecule has 44 heavy (non-hydrogen) atoms. The van der Waals surface area contributed by atoms with Gasteiger partial charge < -0.3 is 38.7 Å². The third-order valence-electron chi connectivity index (χ3n) is 8.23. The van der Waals surface area contributed by atoms with Crippen LogP contribution in [0.4, 0.5) is 0 Å². The van der Waals surface area contributed by atoms with Crippen molar-refractivity contribution in [3.05, 3.63) is 102 Å². The van der Waals surface area contributed by atoms with Crippen LogP contribution in [0.5, 0.6) is 5.75 Å². The molecule has 9 nitrogen and oxygen atoms in total. The van der Waals surface area contributed by atoms with Gasteiger partial charge in [0.1, 0.15) is 37.8 Å². The average molecular weight is 608 g/mol. The number of aldehydes is 1. The summed E-state index contributed by atoms with van der Waals surface area (Å²) in [6, 6.07) is 25.8. The molecule has 3 aromatic carbocycles. The summed E-state index contributed by atoms with van der Waals surface area (Å²) < 4.78 is 39.1. The first-order valence-corrected chi connectivity index (χ1v) is 14.7. The third-order valence-corrected chi connectivity index (χ3v) is 8.23. The van der Waals surface area contributed by atoms with Gasteiger partial charge in [0, 0.05) is 0 Å². The number of carbonyl (C=O) groups is 2. The first-order chi connectivity index (χ1) is 21.6. The van der Waals surface area contributed by atoms with Gasteiger partial charge in [0.2, 0.25) is 5.79 Å². The number of ether oxygens (including phenoxy) is 5. The van der Waals surface area contributed by atoms with E-state index in [0.29, 0.717) is 5.75 Å². The highest BCUT2D eigenvalue weighted by Gasteiger charge is 2.68. The molecule has 1 saturated heterocycles. The van der Waals surface area contributed by atoms with E-state index in [1.807, 2.05) is 60.7 Å². The van der Waals surface area contributed by atoms with E-state index >= 15 is 0 Å². The molecule has 0 spiro atoms. The zero-order valence-corrected chi connectivity index (χ0v) is 25.6. The van der Waals surface area contributed by atoms with Crippen molar-refractivity contribution >= 4 is 12.0 Å². The summed E-state index contributed by atoms with van der Waals surface area (Å²) in [6.07, 6.45) is -6.64. The summed E-state index contributed by atoms with van der Waals surface area (Å²) in [6.45, 7) is 4.36. The number of benzene rings is 3. The Morgan fingerprint density at radius 3 is 2.00 bits per heavy atom. The second-order valence-electron chi connectivity index (χ2n) is 11.0. The van der Waals surface area contributed by atoms with Gasteiger partial charge in [0.15, 0.2) is 11.4 Å². The van der Waals surface area contributed by atoms with Crippen molar-refractivity contribution in [2.75, 3.05) is 7.11 Å². The quantitative estimate of drug-likeness (QED) is 0.242. The Morgan fingerprint density at radius 2 is 1.50 bits per heavy atom. The van der Waals surface area contributed by atoms with Crippen LogP contribution in [-0.2, 0) is 48.4 Å². The van der Waals surface area contributed by atoms with Gasteiger partial charge in [0.05, 0.1) is 32.8 Å². The van der Waals surface area contributed by atoms with Gasteiger partial charge >= 0.3 is 0 Å². The maximum atomic E-state index is 12.6. The van der Waals surface area contributed by atoms with Gasteiger partial charge in [0.25, 0.3) is 0 Å². The molecule has 3 unspecified atom stereocenters. The first kappa shape index (κ1) is 32.0. The Bertz CT molecular complexity index is 1390. The lowest BCUT2D eigenvalue weighted by Crippen LogP contribution is -2.77. The normalized spacial score (nSPS) is 26.8. The number of ketones is 1. The van der Waals surface area contributed by atoms with Gasteiger partial charge in [-0.25, -0.2) is 0 Å². The molecule has 0 saturated carbocycles.